The molecule has 0 saturated heterocycles. The van der Waals surface area contributed by atoms with Crippen molar-refractivity contribution < 1.29 is 22.7 Å². The third kappa shape index (κ3) is 5.62. The monoisotopic (exact) mass is 440 g/mol. The number of nitrogens with zero attached hydrogens (tertiary/aromatic N) is 1. The van der Waals surface area contributed by atoms with Crippen molar-refractivity contribution in [2.75, 3.05) is 26.1 Å². The molecule has 8 heteroatoms. The molecular weight excluding hydrogens is 416 g/mol. The number of methoxy groups -OCH3 is 2. The summed E-state index contributed by atoms with van der Waals surface area (Å²) in [4.78, 5) is 12.8. The maximum Gasteiger partial charge on any atom is 0.243 e. The van der Waals surface area contributed by atoms with Gasteiger partial charge in [0.1, 0.15) is 11.5 Å². The van der Waals surface area contributed by atoms with E-state index in [4.69, 9.17) is 9.47 Å². The molecule has 7 nitrogen and oxygen atoms in total. The summed E-state index contributed by atoms with van der Waals surface area (Å²) < 4.78 is 38.2. The Labute approximate surface area is 182 Å². The van der Waals surface area contributed by atoms with E-state index in [1.54, 1.807) is 36.4 Å². The molecule has 0 spiro atoms. The van der Waals surface area contributed by atoms with Crippen LogP contribution in [0, 0.1) is 0 Å². The summed E-state index contributed by atoms with van der Waals surface area (Å²) in [6.07, 6.45) is 0. The Morgan fingerprint density at radius 2 is 1.52 bits per heavy atom. The summed E-state index contributed by atoms with van der Waals surface area (Å²) in [6.45, 7) is -0.310. The molecular formula is C23H24N2O5S. The van der Waals surface area contributed by atoms with E-state index in [0.717, 1.165) is 9.87 Å². The molecule has 1 N–H and O–H groups in total. The molecule has 1 amide bonds. The third-order valence-electron chi connectivity index (χ3n) is 4.60. The molecule has 0 aliphatic carbocycles. The number of para-hydroxylation sites is 2. The Bertz CT molecular complexity index is 1120. The second-order valence-electron chi connectivity index (χ2n) is 6.68. The molecule has 0 saturated carbocycles. The molecule has 0 heterocycles. The summed E-state index contributed by atoms with van der Waals surface area (Å²) in [7, 11) is -0.933. The van der Waals surface area contributed by atoms with Crippen LogP contribution in [0.2, 0.25) is 0 Å². The second-order valence-corrected chi connectivity index (χ2v) is 8.62. The molecule has 0 fully saturated rings. The van der Waals surface area contributed by atoms with Crippen LogP contribution in [0.5, 0.6) is 11.5 Å². The van der Waals surface area contributed by atoms with Gasteiger partial charge in [0.15, 0.2) is 0 Å². The van der Waals surface area contributed by atoms with Gasteiger partial charge in [-0.15, -0.1) is 0 Å². The summed E-state index contributed by atoms with van der Waals surface area (Å²) >= 11 is 0. The van der Waals surface area contributed by atoms with E-state index in [0.29, 0.717) is 17.2 Å². The zero-order chi connectivity index (χ0) is 22.3. The van der Waals surface area contributed by atoms with Crippen molar-refractivity contribution in [1.29, 1.82) is 0 Å². The Morgan fingerprint density at radius 1 is 0.871 bits per heavy atom. The number of sulfonamides is 1. The average Bonchev–Trinajstić information content (AvgIpc) is 2.79. The van der Waals surface area contributed by atoms with E-state index in [1.165, 1.54) is 26.4 Å². The van der Waals surface area contributed by atoms with E-state index in [-0.39, 0.29) is 18.0 Å². The minimum absolute atomic E-state index is 0.0501. The summed E-state index contributed by atoms with van der Waals surface area (Å²) in [5.41, 5.74) is 1.24. The van der Waals surface area contributed by atoms with Gasteiger partial charge in [-0.25, -0.2) is 8.42 Å². The summed E-state index contributed by atoms with van der Waals surface area (Å²) in [5.74, 6) is 0.559. The molecule has 0 aromatic heterocycles. The molecule has 0 aliphatic rings. The second kappa shape index (κ2) is 10.1. The zero-order valence-corrected chi connectivity index (χ0v) is 18.1. The highest BCUT2D eigenvalue weighted by Gasteiger charge is 2.27. The number of ether oxygens (including phenoxy) is 2. The number of nitrogens with one attached hydrogen (secondary N) is 1. The van der Waals surface area contributed by atoms with E-state index < -0.39 is 15.9 Å². The first-order chi connectivity index (χ1) is 14.9. The third-order valence-corrected chi connectivity index (χ3v) is 6.41. The fraction of sp³-hybridized carbons (Fsp3) is 0.174. The Morgan fingerprint density at radius 3 is 2.16 bits per heavy atom. The quantitative estimate of drug-likeness (QED) is 0.550. The molecule has 0 bridgehead atoms. The maximum absolute atomic E-state index is 13.3. The topological polar surface area (TPSA) is 84.9 Å². The lowest BCUT2D eigenvalue weighted by molar-refractivity contribution is -0.116. The van der Waals surface area contributed by atoms with Crippen molar-refractivity contribution in [3.63, 3.8) is 0 Å². The number of carbonyl (C=O) groups excluding carboxylic acids is 1. The lowest BCUT2D eigenvalue weighted by atomic mass is 10.2. The van der Waals surface area contributed by atoms with Crippen LogP contribution < -0.4 is 14.8 Å². The molecule has 3 aromatic carbocycles. The van der Waals surface area contributed by atoms with Crippen molar-refractivity contribution in [2.45, 2.75) is 11.4 Å². The predicted octanol–water partition coefficient (Wildman–Crippen LogP) is 3.53. The van der Waals surface area contributed by atoms with E-state index in [1.807, 2.05) is 30.3 Å². The van der Waals surface area contributed by atoms with Crippen LogP contribution in [0.25, 0.3) is 0 Å². The van der Waals surface area contributed by atoms with E-state index in [9.17, 15) is 13.2 Å². The van der Waals surface area contributed by atoms with Gasteiger partial charge in [0.2, 0.25) is 15.9 Å². The van der Waals surface area contributed by atoms with Crippen LogP contribution in [-0.4, -0.2) is 39.4 Å². The van der Waals surface area contributed by atoms with Crippen LogP contribution in [0.4, 0.5) is 5.69 Å². The Hall–Kier alpha value is -3.36. The van der Waals surface area contributed by atoms with Gasteiger partial charge in [0.25, 0.3) is 0 Å². The molecule has 0 atom stereocenters. The first-order valence-electron chi connectivity index (χ1n) is 9.55. The molecule has 0 unspecified atom stereocenters. The van der Waals surface area contributed by atoms with Crippen molar-refractivity contribution >= 4 is 21.6 Å². The predicted molar refractivity (Wildman–Crippen MR) is 119 cm³/mol. The largest absolute Gasteiger partial charge is 0.497 e. The number of rotatable bonds is 9. The van der Waals surface area contributed by atoms with E-state index >= 15 is 0 Å². The smallest absolute Gasteiger partial charge is 0.243 e. The lowest BCUT2D eigenvalue weighted by Crippen LogP contribution is -2.37. The molecule has 0 radical (unpaired) electrons. The molecule has 3 aromatic rings. The number of benzene rings is 3. The standard InChI is InChI=1S/C23H24N2O5S/c1-29-19-12-14-20(15-13-19)31(27,28)25(16-18-8-4-3-5-9-18)17-23(26)24-21-10-6-7-11-22(21)30-2/h3-15H,16-17H2,1-2H3,(H,24,26). The maximum atomic E-state index is 13.3. The number of hydrogen-bond acceptors (Lipinski definition) is 5. The SMILES string of the molecule is COc1ccc(S(=O)(=O)N(CC(=O)Nc2ccccc2OC)Cc2ccccc2)cc1. The van der Waals surface area contributed by atoms with Crippen molar-refractivity contribution in [1.82, 2.24) is 4.31 Å². The first-order valence-corrected chi connectivity index (χ1v) is 11.0. The Balaban J connectivity index is 1.87. The number of anilines is 1. The first kappa shape index (κ1) is 22.3. The number of carbonyl (C=O) groups is 1. The average molecular weight is 441 g/mol. The van der Waals surface area contributed by atoms with Gasteiger partial charge in [-0.05, 0) is 42.0 Å². The van der Waals surface area contributed by atoms with Crippen LogP contribution in [-0.2, 0) is 21.4 Å². The highest BCUT2D eigenvalue weighted by atomic mass is 32.2. The normalized spacial score (nSPS) is 11.2. The molecule has 3 rings (SSSR count). The molecule has 162 valence electrons. The van der Waals surface area contributed by atoms with Gasteiger partial charge < -0.3 is 14.8 Å². The minimum atomic E-state index is -3.94. The van der Waals surface area contributed by atoms with Crippen molar-refractivity contribution in [3.8, 4) is 11.5 Å². The number of amides is 1. The van der Waals surface area contributed by atoms with Crippen LogP contribution >= 0.6 is 0 Å². The van der Waals surface area contributed by atoms with Crippen LogP contribution in [0.1, 0.15) is 5.56 Å². The molecule has 0 aliphatic heterocycles. The fourth-order valence-corrected chi connectivity index (χ4v) is 4.39. The van der Waals surface area contributed by atoms with Gasteiger partial charge in [-0.1, -0.05) is 42.5 Å². The van der Waals surface area contributed by atoms with Crippen molar-refractivity contribution in [3.05, 3.63) is 84.4 Å². The lowest BCUT2D eigenvalue weighted by Gasteiger charge is -2.22. The van der Waals surface area contributed by atoms with Gasteiger partial charge in [-0.3, -0.25) is 4.79 Å². The summed E-state index contributed by atoms with van der Waals surface area (Å²) in [6, 6.07) is 22.1. The van der Waals surface area contributed by atoms with Gasteiger partial charge in [0.05, 0.1) is 31.3 Å². The van der Waals surface area contributed by atoms with E-state index in [2.05, 4.69) is 5.32 Å². The van der Waals surface area contributed by atoms with Gasteiger partial charge >= 0.3 is 0 Å². The van der Waals surface area contributed by atoms with Gasteiger partial charge in [-0.2, -0.15) is 4.31 Å². The molecule has 31 heavy (non-hydrogen) atoms. The highest BCUT2D eigenvalue weighted by molar-refractivity contribution is 7.89. The van der Waals surface area contributed by atoms with Crippen LogP contribution in [0.15, 0.2) is 83.8 Å². The van der Waals surface area contributed by atoms with Crippen LogP contribution in [0.3, 0.4) is 0 Å². The minimum Gasteiger partial charge on any atom is -0.497 e. The Kier molecular flexibility index (Phi) is 7.28. The summed E-state index contributed by atoms with van der Waals surface area (Å²) in [5, 5.41) is 2.73. The zero-order valence-electron chi connectivity index (χ0n) is 17.3. The highest BCUT2D eigenvalue weighted by Crippen LogP contribution is 2.24. The van der Waals surface area contributed by atoms with Gasteiger partial charge in [0, 0.05) is 6.54 Å². The fourth-order valence-electron chi connectivity index (χ4n) is 3.01. The van der Waals surface area contributed by atoms with Crippen molar-refractivity contribution in [2.24, 2.45) is 0 Å². The number of hydrogen-bond donors (Lipinski definition) is 1.